The van der Waals surface area contributed by atoms with Crippen LogP contribution in [0.15, 0.2) is 12.1 Å². The average molecular weight is 389 g/mol. The van der Waals surface area contributed by atoms with Crippen molar-refractivity contribution >= 4 is 29.4 Å². The predicted molar refractivity (Wildman–Crippen MR) is 89.9 cm³/mol. The fourth-order valence-corrected chi connectivity index (χ4v) is 3.26. The zero-order valence-corrected chi connectivity index (χ0v) is 14.9. The smallest absolute Gasteiger partial charge is 0.323 e. The molecule has 0 spiro atoms. The molecule has 142 valence electrons. The lowest BCUT2D eigenvalue weighted by molar-refractivity contribution is -0.145. The van der Waals surface area contributed by atoms with Crippen LogP contribution in [-0.4, -0.2) is 58.4 Å². The van der Waals surface area contributed by atoms with Crippen LogP contribution >= 0.6 is 11.6 Å². The second-order valence-electron chi connectivity index (χ2n) is 6.14. The van der Waals surface area contributed by atoms with Crippen LogP contribution < -0.4 is 0 Å². The van der Waals surface area contributed by atoms with Crippen LogP contribution in [0.25, 0.3) is 0 Å². The van der Waals surface area contributed by atoms with Gasteiger partial charge < -0.3 is 14.9 Å². The van der Waals surface area contributed by atoms with E-state index in [-0.39, 0.29) is 24.1 Å². The number of nitrogens with zero attached hydrogens (tertiary/aromatic N) is 2. The van der Waals surface area contributed by atoms with E-state index in [1.807, 2.05) is 0 Å². The third kappa shape index (κ3) is 4.49. The molecule has 0 saturated carbocycles. The molecule has 26 heavy (non-hydrogen) atoms. The van der Waals surface area contributed by atoms with Crippen LogP contribution in [0.4, 0.5) is 8.78 Å². The molecule has 0 radical (unpaired) electrons. The van der Waals surface area contributed by atoms with Gasteiger partial charge in [0.05, 0.1) is 5.56 Å². The molecule has 0 aromatic heterocycles. The van der Waals surface area contributed by atoms with E-state index in [9.17, 15) is 23.2 Å². The number of carboxylic acid groups (broad SMARTS) is 1. The molecule has 9 heteroatoms. The van der Waals surface area contributed by atoms with E-state index >= 15 is 0 Å². The number of aliphatic carboxylic acids is 1. The number of rotatable bonds is 4. The van der Waals surface area contributed by atoms with Gasteiger partial charge in [-0.05, 0) is 31.4 Å². The molecule has 0 aliphatic carbocycles. The summed E-state index contributed by atoms with van der Waals surface area (Å²) in [5.74, 6) is -4.12. The van der Waals surface area contributed by atoms with Crippen LogP contribution in [0, 0.1) is 11.6 Å². The van der Waals surface area contributed by atoms with Gasteiger partial charge in [-0.15, -0.1) is 0 Å². The predicted octanol–water partition coefficient (Wildman–Crippen LogP) is 2.55. The van der Waals surface area contributed by atoms with Gasteiger partial charge in [-0.25, -0.2) is 8.78 Å². The second-order valence-corrected chi connectivity index (χ2v) is 6.52. The van der Waals surface area contributed by atoms with Crippen molar-refractivity contribution in [2.75, 3.05) is 19.6 Å². The Hall–Kier alpha value is -2.22. The molecule has 6 nitrogen and oxygen atoms in total. The highest BCUT2D eigenvalue weighted by molar-refractivity contribution is 6.31. The normalized spacial score (nSPS) is 17.5. The van der Waals surface area contributed by atoms with E-state index in [1.165, 1.54) is 16.7 Å². The van der Waals surface area contributed by atoms with Crippen molar-refractivity contribution in [2.45, 2.75) is 32.2 Å². The van der Waals surface area contributed by atoms with Crippen LogP contribution in [0.3, 0.4) is 0 Å². The number of hydrogen-bond acceptors (Lipinski definition) is 3. The van der Waals surface area contributed by atoms with E-state index in [1.54, 1.807) is 0 Å². The highest BCUT2D eigenvalue weighted by atomic mass is 35.5. The Kier molecular flexibility index (Phi) is 6.52. The second kappa shape index (κ2) is 8.44. The monoisotopic (exact) mass is 388 g/mol. The fraction of sp³-hybridized carbons (Fsp3) is 0.471. The van der Waals surface area contributed by atoms with Crippen molar-refractivity contribution in [1.29, 1.82) is 0 Å². The molecule has 1 unspecified atom stereocenters. The quantitative estimate of drug-likeness (QED) is 0.804. The fourth-order valence-electron chi connectivity index (χ4n) is 3.10. The molecule has 0 bridgehead atoms. The number of carbonyl (C=O) groups excluding carboxylic acids is 2. The van der Waals surface area contributed by atoms with Crippen molar-refractivity contribution in [3.05, 3.63) is 34.4 Å². The number of amides is 2. The summed E-state index contributed by atoms with van der Waals surface area (Å²) in [5.41, 5.74) is -0.316. The van der Waals surface area contributed by atoms with Crippen molar-refractivity contribution in [3.8, 4) is 0 Å². The van der Waals surface area contributed by atoms with Crippen molar-refractivity contribution in [2.24, 2.45) is 0 Å². The molecule has 2 amide bonds. The summed E-state index contributed by atoms with van der Waals surface area (Å²) in [5, 5.41) is 8.23. The lowest BCUT2D eigenvalue weighted by Crippen LogP contribution is -2.43. The van der Waals surface area contributed by atoms with E-state index in [4.69, 9.17) is 16.7 Å². The highest BCUT2D eigenvalue weighted by Gasteiger charge is 2.29. The van der Waals surface area contributed by atoms with Gasteiger partial charge in [0.2, 0.25) is 5.91 Å². The summed E-state index contributed by atoms with van der Waals surface area (Å²) >= 11 is 5.53. The Morgan fingerprint density at radius 2 is 1.96 bits per heavy atom. The molecular weight excluding hydrogens is 370 g/mol. The summed E-state index contributed by atoms with van der Waals surface area (Å²) in [6.07, 6.45) is 1.43. The van der Waals surface area contributed by atoms with Gasteiger partial charge in [-0.3, -0.25) is 14.4 Å². The minimum Gasteiger partial charge on any atom is -0.480 e. The van der Waals surface area contributed by atoms with E-state index in [0.717, 1.165) is 12.1 Å². The zero-order chi connectivity index (χ0) is 19.4. The minimum atomic E-state index is -1.11. The summed E-state index contributed by atoms with van der Waals surface area (Å²) in [6, 6.07) is 1.67. The van der Waals surface area contributed by atoms with Crippen molar-refractivity contribution in [3.63, 3.8) is 0 Å². The van der Waals surface area contributed by atoms with E-state index in [0.29, 0.717) is 25.8 Å². The van der Waals surface area contributed by atoms with Crippen LogP contribution in [0.5, 0.6) is 0 Å². The van der Waals surface area contributed by atoms with Gasteiger partial charge >= 0.3 is 5.97 Å². The van der Waals surface area contributed by atoms with Crippen LogP contribution in [-0.2, 0) is 9.59 Å². The molecule has 1 N–H and O–H groups in total. The summed E-state index contributed by atoms with van der Waals surface area (Å²) < 4.78 is 27.4. The minimum absolute atomic E-state index is 0.224. The van der Waals surface area contributed by atoms with Crippen LogP contribution in [0.2, 0.25) is 5.02 Å². The number of hydrogen-bond donors (Lipinski definition) is 1. The Morgan fingerprint density at radius 1 is 1.27 bits per heavy atom. The van der Waals surface area contributed by atoms with Crippen molar-refractivity contribution < 1.29 is 28.3 Å². The molecular formula is C17H19ClF2N2O4. The van der Waals surface area contributed by atoms with Gasteiger partial charge in [0.15, 0.2) is 5.82 Å². The number of carboxylic acids is 1. The summed E-state index contributed by atoms with van der Waals surface area (Å²) in [4.78, 5) is 37.9. The molecule has 2 rings (SSSR count). The maximum Gasteiger partial charge on any atom is 0.323 e. The van der Waals surface area contributed by atoms with Crippen LogP contribution in [0.1, 0.15) is 36.5 Å². The first-order valence-electron chi connectivity index (χ1n) is 8.14. The molecule has 1 heterocycles. The Bertz CT molecular complexity index is 729. The third-order valence-electron chi connectivity index (χ3n) is 4.40. The van der Waals surface area contributed by atoms with Gasteiger partial charge in [-0.2, -0.15) is 0 Å². The third-order valence-corrected chi connectivity index (χ3v) is 4.75. The van der Waals surface area contributed by atoms with Gasteiger partial charge in [0.1, 0.15) is 17.4 Å². The molecule has 1 atom stereocenters. The first-order chi connectivity index (χ1) is 12.2. The SMILES string of the molecule is CC(=O)N(CC(=O)O)C1CCCN(C(=O)c2ccc(F)c(Cl)c2F)CC1. The number of benzene rings is 1. The lowest BCUT2D eigenvalue weighted by Gasteiger charge is -2.28. The molecule has 1 aromatic rings. The Morgan fingerprint density at radius 3 is 2.58 bits per heavy atom. The highest BCUT2D eigenvalue weighted by Crippen LogP contribution is 2.24. The summed E-state index contributed by atoms with van der Waals surface area (Å²) in [7, 11) is 0. The maximum atomic E-state index is 14.1. The Balaban J connectivity index is 2.13. The van der Waals surface area contributed by atoms with Gasteiger partial charge in [0, 0.05) is 26.1 Å². The van der Waals surface area contributed by atoms with E-state index in [2.05, 4.69) is 0 Å². The zero-order valence-electron chi connectivity index (χ0n) is 14.2. The number of likely N-dealkylation sites (tertiary alicyclic amines) is 1. The largest absolute Gasteiger partial charge is 0.480 e. The lowest BCUT2D eigenvalue weighted by atomic mass is 10.1. The first kappa shape index (κ1) is 20.1. The molecule has 1 saturated heterocycles. The average Bonchev–Trinajstić information content (AvgIpc) is 2.83. The number of halogens is 3. The molecule has 1 aliphatic heterocycles. The first-order valence-corrected chi connectivity index (χ1v) is 8.52. The summed E-state index contributed by atoms with van der Waals surface area (Å²) in [6.45, 7) is 1.44. The number of carbonyl (C=O) groups is 3. The molecule has 1 aliphatic rings. The van der Waals surface area contributed by atoms with E-state index < -0.39 is 35.1 Å². The molecule has 1 fully saturated rings. The molecule has 1 aromatic carbocycles. The Labute approximate surface area is 154 Å². The van der Waals surface area contributed by atoms with Gasteiger partial charge in [0.25, 0.3) is 5.91 Å². The topological polar surface area (TPSA) is 77.9 Å². The van der Waals surface area contributed by atoms with Gasteiger partial charge in [-0.1, -0.05) is 11.6 Å². The van der Waals surface area contributed by atoms with Crippen molar-refractivity contribution in [1.82, 2.24) is 9.80 Å². The standard InChI is InChI=1S/C17H19ClF2N2O4/c1-10(23)22(9-14(24)25)11-3-2-7-21(8-6-11)17(26)12-4-5-13(19)15(18)16(12)20/h4-5,11H,2-3,6-9H2,1H3,(H,24,25). The maximum absolute atomic E-state index is 14.1.